The largest absolute Gasteiger partial charge is 0.573 e. The number of hydrogen-bond acceptors (Lipinski definition) is 8. The molecule has 19 heteroatoms. The lowest BCUT2D eigenvalue weighted by Crippen LogP contribution is -2.24. The fourth-order valence-corrected chi connectivity index (χ4v) is 3.78. The number of pyridine rings is 1. The summed E-state index contributed by atoms with van der Waals surface area (Å²) in [6.45, 7) is -0.0339. The van der Waals surface area contributed by atoms with E-state index in [1.807, 2.05) is 0 Å². The third-order valence-electron chi connectivity index (χ3n) is 6.02. The Morgan fingerprint density at radius 3 is 2.20 bits per heavy atom. The number of aromatic nitrogens is 7. The molecule has 240 valence electrons. The van der Waals surface area contributed by atoms with E-state index in [9.17, 15) is 40.3 Å². The van der Waals surface area contributed by atoms with Crippen molar-refractivity contribution in [3.05, 3.63) is 82.9 Å². The number of hydrogen-bond donors (Lipinski definition) is 2. The van der Waals surface area contributed by atoms with Crippen LogP contribution in [0.3, 0.4) is 0 Å². The zero-order valence-electron chi connectivity index (χ0n) is 23.2. The minimum absolute atomic E-state index is 0.000275. The van der Waals surface area contributed by atoms with Crippen LogP contribution in [-0.4, -0.2) is 59.3 Å². The summed E-state index contributed by atoms with van der Waals surface area (Å²) in [6.07, 6.45) is -2.89. The average Bonchev–Trinajstić information content (AvgIpc) is 3.64. The fourth-order valence-electron chi connectivity index (χ4n) is 3.78. The van der Waals surface area contributed by atoms with Gasteiger partial charge in [0.05, 0.1) is 18.9 Å². The number of aryl methyl sites for hydroxylation is 1. The molecule has 1 atom stereocenters. The molecule has 45 heavy (non-hydrogen) atoms. The number of ether oxygens (including phenoxy) is 1. The molecule has 3 aromatic heterocycles. The third kappa shape index (κ3) is 9.70. The Bertz CT molecular complexity index is 1620. The van der Waals surface area contributed by atoms with Crippen molar-refractivity contribution in [1.29, 1.82) is 0 Å². The molecule has 12 nitrogen and oxygen atoms in total. The van der Waals surface area contributed by atoms with Gasteiger partial charge in [-0.05, 0) is 29.8 Å². The minimum Gasteiger partial charge on any atom is -0.406 e. The summed E-state index contributed by atoms with van der Waals surface area (Å²) < 4.78 is 98.4. The summed E-state index contributed by atoms with van der Waals surface area (Å²) in [5.41, 5.74) is -0.491. The predicted molar refractivity (Wildman–Crippen MR) is 139 cm³/mol. The van der Waals surface area contributed by atoms with E-state index in [0.717, 1.165) is 42.1 Å². The summed E-state index contributed by atoms with van der Waals surface area (Å²) >= 11 is 0. The molecular formula is C26H24F7N9O3. The van der Waals surface area contributed by atoms with Crippen LogP contribution >= 0.6 is 0 Å². The van der Waals surface area contributed by atoms with Crippen molar-refractivity contribution in [1.82, 2.24) is 45.6 Å². The van der Waals surface area contributed by atoms with Gasteiger partial charge in [-0.25, -0.2) is 13.5 Å². The van der Waals surface area contributed by atoms with Gasteiger partial charge in [-0.3, -0.25) is 19.3 Å². The highest BCUT2D eigenvalue weighted by Gasteiger charge is 2.31. The number of halogens is 7. The summed E-state index contributed by atoms with van der Waals surface area (Å²) in [5, 5.41) is 19.6. The normalized spacial score (nSPS) is 12.5. The van der Waals surface area contributed by atoms with E-state index in [2.05, 4.69) is 41.0 Å². The first-order valence-electron chi connectivity index (χ1n) is 13.0. The predicted octanol–water partition coefficient (Wildman–Crippen LogP) is 3.70. The number of rotatable bonds is 13. The van der Waals surface area contributed by atoms with Crippen molar-refractivity contribution < 1.29 is 45.1 Å². The van der Waals surface area contributed by atoms with Crippen LogP contribution in [0, 0.1) is 5.82 Å². The molecule has 2 N–H and O–H groups in total. The van der Waals surface area contributed by atoms with E-state index in [1.54, 1.807) is 0 Å². The number of alkyl halides is 6. The molecule has 0 aliphatic rings. The topological polar surface area (TPSA) is 142 Å². The van der Waals surface area contributed by atoms with E-state index in [-0.39, 0.29) is 43.0 Å². The van der Waals surface area contributed by atoms with Crippen molar-refractivity contribution in [2.75, 3.05) is 0 Å². The van der Waals surface area contributed by atoms with Crippen LogP contribution in [0.25, 0.3) is 0 Å². The van der Waals surface area contributed by atoms with Crippen molar-refractivity contribution >= 4 is 11.8 Å². The number of nitrogens with zero attached hydrogens (tertiary/aromatic N) is 7. The first-order valence-corrected chi connectivity index (χ1v) is 13.0. The van der Waals surface area contributed by atoms with E-state index in [1.165, 1.54) is 23.1 Å². The quantitative estimate of drug-likeness (QED) is 0.210. The number of benzene rings is 1. The van der Waals surface area contributed by atoms with Gasteiger partial charge in [0, 0.05) is 44.7 Å². The molecule has 4 aromatic rings. The van der Waals surface area contributed by atoms with Crippen LogP contribution in [0.2, 0.25) is 0 Å². The van der Waals surface area contributed by atoms with Crippen molar-refractivity contribution in [3.8, 4) is 5.75 Å². The third-order valence-corrected chi connectivity index (χ3v) is 6.02. The lowest BCUT2D eigenvalue weighted by atomic mass is 10.2. The molecule has 0 saturated heterocycles. The molecule has 2 amide bonds. The first-order chi connectivity index (χ1) is 21.2. The van der Waals surface area contributed by atoms with Gasteiger partial charge in [-0.2, -0.15) is 8.78 Å². The Labute approximate surface area is 249 Å². The van der Waals surface area contributed by atoms with Gasteiger partial charge in [-0.1, -0.05) is 16.5 Å². The highest BCUT2D eigenvalue weighted by molar-refractivity contribution is 5.92. The molecule has 0 saturated carbocycles. The van der Waals surface area contributed by atoms with Crippen LogP contribution in [0.4, 0.5) is 30.7 Å². The van der Waals surface area contributed by atoms with Gasteiger partial charge in [0.2, 0.25) is 0 Å². The van der Waals surface area contributed by atoms with E-state index in [0.29, 0.717) is 5.56 Å². The van der Waals surface area contributed by atoms with Crippen LogP contribution in [0.1, 0.15) is 51.1 Å². The van der Waals surface area contributed by atoms with Gasteiger partial charge in [0.1, 0.15) is 23.4 Å². The average molecular weight is 644 g/mol. The molecular weight excluding hydrogens is 619 g/mol. The second-order valence-electron chi connectivity index (χ2n) is 9.69. The molecule has 0 radical (unpaired) electrons. The smallest absolute Gasteiger partial charge is 0.406 e. The van der Waals surface area contributed by atoms with Gasteiger partial charge < -0.3 is 15.4 Å². The zero-order valence-corrected chi connectivity index (χ0v) is 23.2. The monoisotopic (exact) mass is 643 g/mol. The van der Waals surface area contributed by atoms with E-state index in [4.69, 9.17) is 0 Å². The number of carbonyl (C=O) groups excluding carboxylic acids is 2. The van der Waals surface area contributed by atoms with Crippen LogP contribution in [0.15, 0.2) is 48.9 Å². The molecule has 1 aromatic carbocycles. The highest BCUT2D eigenvalue weighted by atomic mass is 19.4. The Balaban J connectivity index is 1.21. The summed E-state index contributed by atoms with van der Waals surface area (Å²) in [7, 11) is 0. The standard InChI is InChI=1S/C26H24F7N9O3/c1-25(29,30)22-5-2-15(9-34-22)10-35-23(43)20-13-41(39-37-20)7-6-17(27)12-42-14-21(38-40-42)24(44)36-11-16-8-18(3-4-19(16)28)45-26(31,32)33/h2-5,8-9,13-14,17H,6-7,10-12H2,1H3,(H,35,43)(H,36,44). The van der Waals surface area contributed by atoms with Crippen molar-refractivity contribution in [2.24, 2.45) is 0 Å². The number of carbonyl (C=O) groups is 2. The lowest BCUT2D eigenvalue weighted by molar-refractivity contribution is -0.274. The van der Waals surface area contributed by atoms with Crippen molar-refractivity contribution in [3.63, 3.8) is 0 Å². The Morgan fingerprint density at radius 2 is 1.58 bits per heavy atom. The second kappa shape index (κ2) is 13.7. The van der Waals surface area contributed by atoms with Gasteiger partial charge >= 0.3 is 6.36 Å². The molecule has 0 aliphatic carbocycles. The second-order valence-corrected chi connectivity index (χ2v) is 9.69. The Morgan fingerprint density at radius 1 is 0.933 bits per heavy atom. The molecule has 0 fully saturated rings. The maximum absolute atomic E-state index is 14.6. The number of nitrogens with one attached hydrogen (secondary N) is 2. The van der Waals surface area contributed by atoms with Crippen LogP contribution in [-0.2, 0) is 32.1 Å². The summed E-state index contributed by atoms with van der Waals surface area (Å²) in [5.74, 6) is -6.05. The van der Waals surface area contributed by atoms with Crippen LogP contribution in [0.5, 0.6) is 5.75 Å². The molecule has 0 bridgehead atoms. The van der Waals surface area contributed by atoms with E-state index >= 15 is 0 Å². The molecule has 3 heterocycles. The molecule has 0 spiro atoms. The van der Waals surface area contributed by atoms with Gasteiger partial charge in [0.15, 0.2) is 11.4 Å². The first kappa shape index (κ1) is 32.8. The molecule has 0 aliphatic heterocycles. The van der Waals surface area contributed by atoms with Crippen molar-refractivity contribution in [2.45, 2.75) is 58.0 Å². The van der Waals surface area contributed by atoms with E-state index < -0.39 is 54.1 Å². The van der Waals surface area contributed by atoms with Gasteiger partial charge in [0.25, 0.3) is 17.7 Å². The summed E-state index contributed by atoms with van der Waals surface area (Å²) in [6, 6.07) is 4.90. The molecule has 1 unspecified atom stereocenters. The maximum atomic E-state index is 14.6. The highest BCUT2D eigenvalue weighted by Crippen LogP contribution is 2.25. The van der Waals surface area contributed by atoms with Gasteiger partial charge in [-0.15, -0.1) is 23.4 Å². The lowest BCUT2D eigenvalue weighted by Gasteiger charge is -2.11. The minimum atomic E-state index is -4.98. The molecule has 4 rings (SSSR count). The number of amides is 2. The fraction of sp³-hybridized carbons (Fsp3) is 0.346. The van der Waals surface area contributed by atoms with Crippen LogP contribution < -0.4 is 15.4 Å². The SMILES string of the molecule is CC(F)(F)c1ccc(CNC(=O)c2cn(CCC(F)Cn3cc(C(=O)NCc4cc(OC(F)(F)F)ccc4F)nn3)nn2)cn1. The zero-order chi connectivity index (χ0) is 32.8. The Kier molecular flexibility index (Phi) is 9.98. The summed E-state index contributed by atoms with van der Waals surface area (Å²) in [4.78, 5) is 28.4. The maximum Gasteiger partial charge on any atom is 0.573 e. The Hall–Kier alpha value is -5.10.